The Morgan fingerprint density at radius 1 is 0.971 bits per heavy atom. The fourth-order valence-corrected chi connectivity index (χ4v) is 5.60. The third kappa shape index (κ3) is 5.61. The summed E-state index contributed by atoms with van der Waals surface area (Å²) >= 11 is 0. The summed E-state index contributed by atoms with van der Waals surface area (Å²) in [4.78, 5) is 27.0. The summed E-state index contributed by atoms with van der Waals surface area (Å²) in [7, 11) is -2.16. The molecule has 1 aliphatic rings. The van der Waals surface area contributed by atoms with Gasteiger partial charge in [0.2, 0.25) is 10.0 Å². The molecule has 4 rings (SSSR count). The second-order valence-electron chi connectivity index (χ2n) is 8.61. The van der Waals surface area contributed by atoms with Crippen molar-refractivity contribution in [1.82, 2.24) is 9.21 Å². The number of sulfonamides is 1. The van der Waals surface area contributed by atoms with Crippen molar-refractivity contribution in [3.63, 3.8) is 0 Å². The topological polar surface area (TPSA) is 84.0 Å². The van der Waals surface area contributed by atoms with Gasteiger partial charge in [-0.2, -0.15) is 4.31 Å². The molecule has 0 aromatic heterocycles. The number of carbonyl (C=O) groups excluding carboxylic acids is 2. The Morgan fingerprint density at radius 3 is 2.40 bits per heavy atom. The molecule has 7 nitrogen and oxygen atoms in total. The summed E-state index contributed by atoms with van der Waals surface area (Å²) in [6.07, 6.45) is -0.386. The summed E-state index contributed by atoms with van der Waals surface area (Å²) in [5, 5.41) is 0. The van der Waals surface area contributed by atoms with E-state index in [9.17, 15) is 18.0 Å². The molecule has 1 aliphatic heterocycles. The minimum Gasteiger partial charge on any atom is -0.449 e. The summed E-state index contributed by atoms with van der Waals surface area (Å²) in [6.45, 7) is 2.54. The van der Waals surface area contributed by atoms with Gasteiger partial charge in [-0.15, -0.1) is 0 Å². The molecule has 3 aromatic rings. The van der Waals surface area contributed by atoms with Gasteiger partial charge in [0.25, 0.3) is 5.91 Å². The molecule has 0 radical (unpaired) electrons. The van der Waals surface area contributed by atoms with Crippen LogP contribution in [0.15, 0.2) is 83.8 Å². The van der Waals surface area contributed by atoms with Gasteiger partial charge in [-0.25, -0.2) is 13.2 Å². The fraction of sp³-hybridized carbons (Fsp3) is 0.259. The van der Waals surface area contributed by atoms with E-state index in [0.29, 0.717) is 19.5 Å². The first-order chi connectivity index (χ1) is 16.8. The van der Waals surface area contributed by atoms with Gasteiger partial charge in [0.1, 0.15) is 0 Å². The largest absolute Gasteiger partial charge is 0.449 e. The van der Waals surface area contributed by atoms with Gasteiger partial charge >= 0.3 is 5.97 Å². The van der Waals surface area contributed by atoms with Gasteiger partial charge in [-0.3, -0.25) is 4.79 Å². The van der Waals surface area contributed by atoms with Crippen LogP contribution < -0.4 is 0 Å². The smallest absolute Gasteiger partial charge is 0.338 e. The SMILES string of the molecule is CC(OC(=O)c1cccc(S(=O)(=O)N2CCc3ccccc3C2)c1)C(=O)N(C)Cc1ccccc1. The lowest BCUT2D eigenvalue weighted by Gasteiger charge is -2.28. The molecule has 1 amide bonds. The van der Waals surface area contributed by atoms with Crippen LogP contribution in [-0.2, 0) is 39.1 Å². The minimum absolute atomic E-state index is 0.0199. The Balaban J connectivity index is 1.43. The number of rotatable bonds is 7. The lowest BCUT2D eigenvalue weighted by molar-refractivity contribution is -0.139. The van der Waals surface area contributed by atoms with Crippen molar-refractivity contribution in [3.8, 4) is 0 Å². The van der Waals surface area contributed by atoms with Crippen LogP contribution in [0.3, 0.4) is 0 Å². The molecule has 1 heterocycles. The van der Waals surface area contributed by atoms with Crippen LogP contribution in [0.2, 0.25) is 0 Å². The second-order valence-corrected chi connectivity index (χ2v) is 10.6. The molecule has 1 unspecified atom stereocenters. The minimum atomic E-state index is -3.80. The Hall–Kier alpha value is -3.49. The molecule has 0 fully saturated rings. The number of nitrogens with zero attached hydrogens (tertiary/aromatic N) is 2. The van der Waals surface area contributed by atoms with Crippen molar-refractivity contribution in [1.29, 1.82) is 0 Å². The highest BCUT2D eigenvalue weighted by Gasteiger charge is 2.29. The van der Waals surface area contributed by atoms with E-state index < -0.39 is 22.1 Å². The third-order valence-electron chi connectivity index (χ3n) is 6.07. The number of esters is 1. The Bertz CT molecular complexity index is 1320. The quantitative estimate of drug-likeness (QED) is 0.470. The molecule has 0 N–H and O–H groups in total. The number of fused-ring (bicyclic) bond motifs is 1. The summed E-state index contributed by atoms with van der Waals surface area (Å²) in [5.74, 6) is -1.10. The highest BCUT2D eigenvalue weighted by molar-refractivity contribution is 7.89. The van der Waals surface area contributed by atoms with Crippen molar-refractivity contribution in [2.45, 2.75) is 37.4 Å². The number of hydrogen-bond acceptors (Lipinski definition) is 5. The molecule has 1 atom stereocenters. The lowest BCUT2D eigenvalue weighted by atomic mass is 10.0. The van der Waals surface area contributed by atoms with Crippen molar-refractivity contribution in [3.05, 3.63) is 101 Å². The predicted molar refractivity (Wildman–Crippen MR) is 132 cm³/mol. The van der Waals surface area contributed by atoms with E-state index in [1.54, 1.807) is 7.05 Å². The lowest BCUT2D eigenvalue weighted by Crippen LogP contribution is -2.37. The maximum absolute atomic E-state index is 13.3. The van der Waals surface area contributed by atoms with Crippen molar-refractivity contribution in [2.75, 3.05) is 13.6 Å². The number of benzene rings is 3. The molecule has 35 heavy (non-hydrogen) atoms. The Kier molecular flexibility index (Phi) is 7.33. The van der Waals surface area contributed by atoms with Crippen molar-refractivity contribution in [2.24, 2.45) is 0 Å². The van der Waals surface area contributed by atoms with Gasteiger partial charge in [0.15, 0.2) is 6.10 Å². The van der Waals surface area contributed by atoms with Crippen LogP contribution in [0.25, 0.3) is 0 Å². The molecule has 0 aliphatic carbocycles. The van der Waals surface area contributed by atoms with Gasteiger partial charge in [-0.05, 0) is 48.2 Å². The molecule has 3 aromatic carbocycles. The normalized spacial score (nSPS) is 14.6. The van der Waals surface area contributed by atoms with Crippen LogP contribution in [0.4, 0.5) is 0 Å². The first-order valence-electron chi connectivity index (χ1n) is 11.4. The van der Waals surface area contributed by atoms with Gasteiger partial charge < -0.3 is 9.64 Å². The van der Waals surface area contributed by atoms with Gasteiger partial charge in [0, 0.05) is 26.7 Å². The van der Waals surface area contributed by atoms with E-state index in [0.717, 1.165) is 16.7 Å². The van der Waals surface area contributed by atoms with E-state index in [-0.39, 0.29) is 22.9 Å². The Labute approximate surface area is 206 Å². The van der Waals surface area contributed by atoms with E-state index >= 15 is 0 Å². The molecular weight excluding hydrogens is 464 g/mol. The second kappa shape index (κ2) is 10.4. The summed E-state index contributed by atoms with van der Waals surface area (Å²) < 4.78 is 33.4. The third-order valence-corrected chi connectivity index (χ3v) is 7.91. The molecule has 0 bridgehead atoms. The van der Waals surface area contributed by atoms with Crippen LogP contribution >= 0.6 is 0 Å². The number of likely N-dealkylation sites (N-methyl/N-ethyl adjacent to an activating group) is 1. The monoisotopic (exact) mass is 492 g/mol. The van der Waals surface area contributed by atoms with Crippen LogP contribution in [0, 0.1) is 0 Å². The number of hydrogen-bond donors (Lipinski definition) is 0. The van der Waals surface area contributed by atoms with Crippen LogP contribution in [-0.4, -0.2) is 49.2 Å². The zero-order valence-corrected chi connectivity index (χ0v) is 20.6. The van der Waals surface area contributed by atoms with Gasteiger partial charge in [-0.1, -0.05) is 60.7 Å². The summed E-state index contributed by atoms with van der Waals surface area (Å²) in [5.41, 5.74) is 3.16. The predicted octanol–water partition coefficient (Wildman–Crippen LogP) is 3.64. The highest BCUT2D eigenvalue weighted by atomic mass is 32.2. The average molecular weight is 493 g/mol. The van der Waals surface area contributed by atoms with Crippen molar-refractivity contribution < 1.29 is 22.7 Å². The van der Waals surface area contributed by atoms with E-state index in [4.69, 9.17) is 4.74 Å². The van der Waals surface area contributed by atoms with Gasteiger partial charge in [0.05, 0.1) is 10.5 Å². The maximum atomic E-state index is 13.3. The molecule has 0 saturated carbocycles. The Morgan fingerprint density at radius 2 is 1.66 bits per heavy atom. The standard InChI is InChI=1S/C27H28N2O5S/c1-20(26(30)28(2)18-21-9-4-3-5-10-21)34-27(31)23-13-8-14-25(17-23)35(32,33)29-16-15-22-11-6-7-12-24(22)19-29/h3-14,17,20H,15-16,18-19H2,1-2H3. The van der Waals surface area contributed by atoms with Crippen LogP contribution in [0.1, 0.15) is 34.0 Å². The number of ether oxygens (including phenoxy) is 1. The van der Waals surface area contributed by atoms with E-state index in [1.807, 2.05) is 54.6 Å². The van der Waals surface area contributed by atoms with E-state index in [2.05, 4.69) is 0 Å². The molecule has 0 spiro atoms. The first kappa shape index (κ1) is 24.6. The average Bonchev–Trinajstić information content (AvgIpc) is 2.88. The zero-order valence-electron chi connectivity index (χ0n) is 19.8. The van der Waals surface area contributed by atoms with Crippen molar-refractivity contribution >= 4 is 21.9 Å². The summed E-state index contributed by atoms with van der Waals surface area (Å²) in [6, 6.07) is 23.0. The first-order valence-corrected chi connectivity index (χ1v) is 12.9. The highest BCUT2D eigenvalue weighted by Crippen LogP contribution is 2.25. The number of carbonyl (C=O) groups is 2. The molecule has 8 heteroatoms. The fourth-order valence-electron chi connectivity index (χ4n) is 4.13. The van der Waals surface area contributed by atoms with Crippen LogP contribution in [0.5, 0.6) is 0 Å². The maximum Gasteiger partial charge on any atom is 0.338 e. The van der Waals surface area contributed by atoms with E-state index in [1.165, 1.54) is 40.4 Å². The molecule has 182 valence electrons. The molecular formula is C27H28N2O5S. The zero-order chi connectivity index (χ0) is 25.0. The number of amides is 1. The molecule has 0 saturated heterocycles.